The summed E-state index contributed by atoms with van der Waals surface area (Å²) in [4.78, 5) is 22.5. The predicted octanol–water partition coefficient (Wildman–Crippen LogP) is 0.999. The number of halogens is 3. The van der Waals surface area contributed by atoms with Crippen molar-refractivity contribution >= 4 is 11.9 Å². The molecule has 122 valence electrons. The van der Waals surface area contributed by atoms with Gasteiger partial charge in [0.1, 0.15) is 0 Å². The lowest BCUT2D eigenvalue weighted by Crippen LogP contribution is -2.42. The number of benzene rings is 1. The molecule has 10 heteroatoms. The van der Waals surface area contributed by atoms with Crippen LogP contribution in [0.1, 0.15) is 11.6 Å². The van der Waals surface area contributed by atoms with Crippen LogP contribution >= 0.6 is 0 Å². The van der Waals surface area contributed by atoms with Crippen molar-refractivity contribution < 1.29 is 42.4 Å². The number of carbonyl (C=O) groups excluding carboxylic acids is 2. The molecule has 1 unspecified atom stereocenters. The smallest absolute Gasteiger partial charge is 0.471 e. The van der Waals surface area contributed by atoms with Gasteiger partial charge in [0, 0.05) is 0 Å². The van der Waals surface area contributed by atoms with Crippen LogP contribution in [0.15, 0.2) is 12.1 Å². The minimum Gasteiger partial charge on any atom is -0.504 e. The number of rotatable bonds is 4. The summed E-state index contributed by atoms with van der Waals surface area (Å²) >= 11 is 0. The van der Waals surface area contributed by atoms with Crippen molar-refractivity contribution in [3.05, 3.63) is 17.7 Å². The summed E-state index contributed by atoms with van der Waals surface area (Å²) in [6, 6.07) is -0.157. The zero-order chi connectivity index (χ0) is 17.1. The van der Waals surface area contributed by atoms with Crippen LogP contribution in [0.2, 0.25) is 0 Å². The SMILES string of the molecule is COC(=O)C(NC(=O)C(F)(F)F)c1cc(O)c(OC)c(O)c1. The monoisotopic (exact) mass is 323 g/mol. The van der Waals surface area contributed by atoms with E-state index in [1.54, 1.807) is 0 Å². The molecule has 1 atom stereocenters. The molecule has 0 saturated heterocycles. The van der Waals surface area contributed by atoms with Gasteiger partial charge < -0.3 is 25.0 Å². The molecule has 0 aromatic heterocycles. The van der Waals surface area contributed by atoms with Gasteiger partial charge in [0.25, 0.3) is 0 Å². The maximum atomic E-state index is 12.3. The molecule has 3 N–H and O–H groups in total. The third kappa shape index (κ3) is 3.71. The predicted molar refractivity (Wildman–Crippen MR) is 65.3 cm³/mol. The molecule has 0 heterocycles. The minimum atomic E-state index is -5.22. The van der Waals surface area contributed by atoms with Crippen molar-refractivity contribution in [2.24, 2.45) is 0 Å². The van der Waals surface area contributed by atoms with Crippen molar-refractivity contribution in [3.63, 3.8) is 0 Å². The van der Waals surface area contributed by atoms with Gasteiger partial charge in [-0.3, -0.25) is 4.79 Å². The Hall–Kier alpha value is -2.65. The van der Waals surface area contributed by atoms with Crippen LogP contribution in [-0.4, -0.2) is 42.5 Å². The van der Waals surface area contributed by atoms with Gasteiger partial charge in [-0.05, 0) is 17.7 Å². The molecule has 0 aliphatic carbocycles. The molecule has 1 aromatic rings. The lowest BCUT2D eigenvalue weighted by atomic mass is 10.1. The Labute approximate surface area is 122 Å². The number of amides is 1. The first-order chi connectivity index (χ1) is 10.1. The zero-order valence-corrected chi connectivity index (χ0v) is 11.4. The van der Waals surface area contributed by atoms with Crippen LogP contribution in [0.4, 0.5) is 13.2 Å². The first-order valence-corrected chi connectivity index (χ1v) is 5.67. The van der Waals surface area contributed by atoms with Gasteiger partial charge in [-0.25, -0.2) is 4.79 Å². The summed E-state index contributed by atoms with van der Waals surface area (Å²) in [5.74, 6) is -5.20. The average molecular weight is 323 g/mol. The second-order valence-electron chi connectivity index (χ2n) is 4.02. The summed E-state index contributed by atoms with van der Waals surface area (Å²) in [6.45, 7) is 0. The first-order valence-electron chi connectivity index (χ1n) is 5.67. The van der Waals surface area contributed by atoms with E-state index in [-0.39, 0.29) is 11.3 Å². The highest BCUT2D eigenvalue weighted by Gasteiger charge is 2.41. The molecule has 0 spiro atoms. The maximum Gasteiger partial charge on any atom is 0.471 e. The number of nitrogens with one attached hydrogen (secondary N) is 1. The molecule has 0 bridgehead atoms. The van der Waals surface area contributed by atoms with Gasteiger partial charge in [0.15, 0.2) is 17.5 Å². The number of aromatic hydroxyl groups is 2. The molecule has 0 aliphatic rings. The Kier molecular flexibility index (Phi) is 5.07. The van der Waals surface area contributed by atoms with E-state index in [9.17, 15) is 33.0 Å². The number of esters is 1. The lowest BCUT2D eigenvalue weighted by molar-refractivity contribution is -0.175. The molecular weight excluding hydrogens is 311 g/mol. The quantitative estimate of drug-likeness (QED) is 0.714. The molecule has 1 amide bonds. The van der Waals surface area contributed by atoms with E-state index in [0.717, 1.165) is 26.4 Å². The molecule has 1 rings (SSSR count). The Bertz CT molecular complexity index is 564. The van der Waals surface area contributed by atoms with Crippen LogP contribution in [0, 0.1) is 0 Å². The van der Waals surface area contributed by atoms with E-state index in [2.05, 4.69) is 9.47 Å². The summed E-state index contributed by atoms with van der Waals surface area (Å²) in [5, 5.41) is 20.6. The largest absolute Gasteiger partial charge is 0.504 e. The third-order valence-electron chi connectivity index (χ3n) is 2.58. The number of alkyl halides is 3. The van der Waals surface area contributed by atoms with E-state index >= 15 is 0 Å². The highest BCUT2D eigenvalue weighted by molar-refractivity contribution is 5.88. The van der Waals surface area contributed by atoms with Crippen molar-refractivity contribution in [1.82, 2.24) is 5.32 Å². The van der Waals surface area contributed by atoms with Gasteiger partial charge in [-0.2, -0.15) is 13.2 Å². The average Bonchev–Trinajstić information content (AvgIpc) is 2.42. The van der Waals surface area contributed by atoms with Crippen molar-refractivity contribution in [2.45, 2.75) is 12.2 Å². The Balaban J connectivity index is 3.24. The summed E-state index contributed by atoms with van der Waals surface area (Å²) in [5.41, 5.74) is -0.319. The summed E-state index contributed by atoms with van der Waals surface area (Å²) in [7, 11) is 2.04. The number of phenols is 2. The Morgan fingerprint density at radius 1 is 1.18 bits per heavy atom. The van der Waals surface area contributed by atoms with E-state index in [0.29, 0.717) is 0 Å². The van der Waals surface area contributed by atoms with Crippen LogP contribution in [0.25, 0.3) is 0 Å². The Morgan fingerprint density at radius 2 is 1.68 bits per heavy atom. The normalized spacial score (nSPS) is 12.4. The van der Waals surface area contributed by atoms with Crippen LogP contribution < -0.4 is 10.1 Å². The standard InChI is InChI=1S/C12H12F3NO6/c1-21-9-6(17)3-5(4-7(9)18)8(10(19)22-2)16-11(20)12(13,14)15/h3-4,8,17-18H,1-2H3,(H,16,20). The van der Waals surface area contributed by atoms with Gasteiger partial charge in [-0.15, -0.1) is 0 Å². The summed E-state index contributed by atoms with van der Waals surface area (Å²) in [6.07, 6.45) is -5.22. The number of carbonyl (C=O) groups is 2. The molecule has 1 aromatic carbocycles. The molecule has 0 fully saturated rings. The zero-order valence-electron chi connectivity index (χ0n) is 11.4. The number of hydrogen-bond acceptors (Lipinski definition) is 6. The molecular formula is C12H12F3NO6. The van der Waals surface area contributed by atoms with E-state index in [1.807, 2.05) is 0 Å². The van der Waals surface area contributed by atoms with Crippen LogP contribution in [0.3, 0.4) is 0 Å². The van der Waals surface area contributed by atoms with Gasteiger partial charge in [-0.1, -0.05) is 0 Å². The first kappa shape index (κ1) is 17.4. The Morgan fingerprint density at radius 3 is 2.05 bits per heavy atom. The van der Waals surface area contributed by atoms with Crippen molar-refractivity contribution in [3.8, 4) is 17.2 Å². The lowest BCUT2D eigenvalue weighted by Gasteiger charge is -2.19. The topological polar surface area (TPSA) is 105 Å². The molecule has 0 radical (unpaired) electrons. The third-order valence-corrected chi connectivity index (χ3v) is 2.58. The fourth-order valence-electron chi connectivity index (χ4n) is 1.60. The number of phenolic OH excluding ortho intramolecular Hbond substituents is 2. The van der Waals surface area contributed by atoms with E-state index in [4.69, 9.17) is 0 Å². The summed E-state index contributed by atoms with van der Waals surface area (Å²) < 4.78 is 45.8. The highest BCUT2D eigenvalue weighted by atomic mass is 19.4. The molecule has 0 saturated carbocycles. The van der Waals surface area contributed by atoms with Gasteiger partial charge in [0.2, 0.25) is 5.75 Å². The fraction of sp³-hybridized carbons (Fsp3) is 0.333. The van der Waals surface area contributed by atoms with Crippen LogP contribution in [-0.2, 0) is 14.3 Å². The van der Waals surface area contributed by atoms with Crippen LogP contribution in [0.5, 0.6) is 17.2 Å². The second kappa shape index (κ2) is 6.41. The van der Waals surface area contributed by atoms with Gasteiger partial charge in [0.05, 0.1) is 14.2 Å². The number of hydrogen-bond donors (Lipinski definition) is 3. The fourth-order valence-corrected chi connectivity index (χ4v) is 1.60. The molecule has 0 aliphatic heterocycles. The highest BCUT2D eigenvalue weighted by Crippen LogP contribution is 2.38. The molecule has 22 heavy (non-hydrogen) atoms. The van der Waals surface area contributed by atoms with Crippen molar-refractivity contribution in [2.75, 3.05) is 14.2 Å². The maximum absolute atomic E-state index is 12.3. The number of methoxy groups -OCH3 is 2. The van der Waals surface area contributed by atoms with E-state index < -0.39 is 35.6 Å². The van der Waals surface area contributed by atoms with Gasteiger partial charge >= 0.3 is 18.1 Å². The minimum absolute atomic E-state index is 0.319. The van der Waals surface area contributed by atoms with E-state index in [1.165, 1.54) is 5.32 Å². The molecule has 7 nitrogen and oxygen atoms in total. The second-order valence-corrected chi connectivity index (χ2v) is 4.02. The van der Waals surface area contributed by atoms with Crippen molar-refractivity contribution in [1.29, 1.82) is 0 Å². The number of ether oxygens (including phenoxy) is 2.